The fourth-order valence-electron chi connectivity index (χ4n) is 2.79. The van der Waals surface area contributed by atoms with E-state index in [1.165, 1.54) is 0 Å². The molecular weight excluding hydrogens is 272 g/mol. The van der Waals surface area contributed by atoms with Crippen molar-refractivity contribution < 1.29 is 19.5 Å². The van der Waals surface area contributed by atoms with Crippen molar-refractivity contribution in [1.82, 2.24) is 10.6 Å². The number of aliphatic carboxylic acids is 1. The van der Waals surface area contributed by atoms with E-state index in [-0.39, 0.29) is 11.8 Å². The van der Waals surface area contributed by atoms with Gasteiger partial charge in [-0.2, -0.15) is 0 Å². The Morgan fingerprint density at radius 3 is 2.24 bits per heavy atom. The van der Waals surface area contributed by atoms with Gasteiger partial charge in [-0.15, -0.1) is 0 Å². The van der Waals surface area contributed by atoms with Crippen LogP contribution in [0.1, 0.15) is 51.9 Å². The van der Waals surface area contributed by atoms with Crippen LogP contribution in [0.25, 0.3) is 0 Å². The Morgan fingerprint density at radius 2 is 1.71 bits per heavy atom. The van der Waals surface area contributed by atoms with E-state index in [1.54, 1.807) is 6.92 Å². The molecule has 2 aliphatic carbocycles. The number of carboxylic acid groups (broad SMARTS) is 1. The summed E-state index contributed by atoms with van der Waals surface area (Å²) in [6.07, 6.45) is 6.41. The zero-order valence-corrected chi connectivity index (χ0v) is 12.4. The normalized spacial score (nSPS) is 21.6. The standard InChI is InChI=1S/C15H24N2O4/c1-9(16-14(19)11-4-2-3-5-11)13(18)17-12(15(20)21)8-10-6-7-10/h9-12H,2-8H2,1H3,(H,16,19)(H,17,18)(H,20,21). The summed E-state index contributed by atoms with van der Waals surface area (Å²) in [7, 11) is 0. The summed E-state index contributed by atoms with van der Waals surface area (Å²) in [5.74, 6) is -1.11. The third-order valence-corrected chi connectivity index (χ3v) is 4.36. The number of hydrogen-bond donors (Lipinski definition) is 3. The van der Waals surface area contributed by atoms with E-state index in [0.717, 1.165) is 38.5 Å². The molecule has 2 unspecified atom stereocenters. The smallest absolute Gasteiger partial charge is 0.326 e. The Balaban J connectivity index is 1.79. The number of amides is 2. The largest absolute Gasteiger partial charge is 0.480 e. The van der Waals surface area contributed by atoms with Gasteiger partial charge in [-0.3, -0.25) is 9.59 Å². The quantitative estimate of drug-likeness (QED) is 0.654. The molecule has 0 aliphatic heterocycles. The first-order valence-electron chi connectivity index (χ1n) is 7.81. The molecule has 0 spiro atoms. The van der Waals surface area contributed by atoms with Gasteiger partial charge < -0.3 is 15.7 Å². The van der Waals surface area contributed by atoms with Gasteiger partial charge in [-0.25, -0.2) is 4.79 Å². The topological polar surface area (TPSA) is 95.5 Å². The molecule has 0 heterocycles. The van der Waals surface area contributed by atoms with E-state index in [9.17, 15) is 14.4 Å². The third kappa shape index (κ3) is 4.72. The second kappa shape index (κ2) is 6.91. The van der Waals surface area contributed by atoms with Gasteiger partial charge in [0.05, 0.1) is 0 Å². The number of rotatable bonds is 7. The molecule has 0 radical (unpaired) electrons. The fraction of sp³-hybridized carbons (Fsp3) is 0.800. The first kappa shape index (κ1) is 15.8. The van der Waals surface area contributed by atoms with E-state index in [4.69, 9.17) is 5.11 Å². The summed E-state index contributed by atoms with van der Waals surface area (Å²) in [6.45, 7) is 1.60. The molecule has 2 aliphatic rings. The van der Waals surface area contributed by atoms with Crippen molar-refractivity contribution in [1.29, 1.82) is 0 Å². The fourth-order valence-corrected chi connectivity index (χ4v) is 2.79. The molecule has 2 saturated carbocycles. The highest BCUT2D eigenvalue weighted by Gasteiger charge is 2.32. The molecule has 0 saturated heterocycles. The van der Waals surface area contributed by atoms with E-state index in [2.05, 4.69) is 10.6 Å². The van der Waals surface area contributed by atoms with Crippen molar-refractivity contribution in [3.8, 4) is 0 Å². The number of hydrogen-bond acceptors (Lipinski definition) is 3. The maximum Gasteiger partial charge on any atom is 0.326 e. The van der Waals surface area contributed by atoms with E-state index >= 15 is 0 Å². The Kier molecular flexibility index (Phi) is 5.20. The minimum absolute atomic E-state index is 0.00184. The predicted octanol–water partition coefficient (Wildman–Crippen LogP) is 1.05. The molecule has 6 nitrogen and oxygen atoms in total. The second-order valence-corrected chi connectivity index (χ2v) is 6.29. The first-order chi connectivity index (χ1) is 9.97. The average molecular weight is 296 g/mol. The Morgan fingerprint density at radius 1 is 1.10 bits per heavy atom. The Labute approximate surface area is 124 Å². The Bertz CT molecular complexity index is 414. The van der Waals surface area contributed by atoms with Crippen molar-refractivity contribution in [2.24, 2.45) is 11.8 Å². The van der Waals surface area contributed by atoms with Crippen molar-refractivity contribution in [2.45, 2.75) is 64.0 Å². The summed E-state index contributed by atoms with van der Waals surface area (Å²) in [4.78, 5) is 35.1. The second-order valence-electron chi connectivity index (χ2n) is 6.29. The summed E-state index contributed by atoms with van der Waals surface area (Å²) < 4.78 is 0. The molecule has 6 heteroatoms. The van der Waals surface area contributed by atoms with Crippen LogP contribution >= 0.6 is 0 Å². The number of carbonyl (C=O) groups excluding carboxylic acids is 2. The SMILES string of the molecule is CC(NC(=O)C1CCCC1)C(=O)NC(CC1CC1)C(=O)O. The molecule has 0 aromatic heterocycles. The van der Waals surface area contributed by atoms with Crippen LogP contribution in [-0.4, -0.2) is 35.0 Å². The highest BCUT2D eigenvalue weighted by Crippen LogP contribution is 2.33. The van der Waals surface area contributed by atoms with Crippen LogP contribution in [0.3, 0.4) is 0 Å². The van der Waals surface area contributed by atoms with Crippen LogP contribution in [0.2, 0.25) is 0 Å². The summed E-state index contributed by atoms with van der Waals surface area (Å²) in [5, 5.41) is 14.4. The maximum absolute atomic E-state index is 12.0. The van der Waals surface area contributed by atoms with Gasteiger partial charge in [0, 0.05) is 5.92 Å². The van der Waals surface area contributed by atoms with Crippen molar-refractivity contribution in [3.05, 3.63) is 0 Å². The first-order valence-corrected chi connectivity index (χ1v) is 7.81. The molecule has 118 valence electrons. The van der Waals surface area contributed by atoms with E-state index in [1.807, 2.05) is 0 Å². The van der Waals surface area contributed by atoms with Crippen LogP contribution in [0.4, 0.5) is 0 Å². The minimum atomic E-state index is -1.01. The molecule has 0 aromatic carbocycles. The monoisotopic (exact) mass is 296 g/mol. The van der Waals surface area contributed by atoms with Crippen LogP contribution < -0.4 is 10.6 Å². The zero-order valence-electron chi connectivity index (χ0n) is 12.4. The zero-order chi connectivity index (χ0) is 15.4. The van der Waals surface area contributed by atoms with Gasteiger partial charge in [-0.1, -0.05) is 25.7 Å². The molecule has 21 heavy (non-hydrogen) atoms. The van der Waals surface area contributed by atoms with E-state index in [0.29, 0.717) is 12.3 Å². The summed E-state index contributed by atoms with van der Waals surface area (Å²) in [5.41, 5.74) is 0. The minimum Gasteiger partial charge on any atom is -0.480 e. The van der Waals surface area contributed by atoms with E-state index < -0.39 is 24.0 Å². The number of carbonyl (C=O) groups is 3. The molecule has 2 amide bonds. The number of nitrogens with one attached hydrogen (secondary N) is 2. The highest BCUT2D eigenvalue weighted by molar-refractivity contribution is 5.90. The molecule has 2 rings (SSSR count). The lowest BCUT2D eigenvalue weighted by Crippen LogP contribution is -2.51. The van der Waals surface area contributed by atoms with Crippen LogP contribution in [0, 0.1) is 11.8 Å². The van der Waals surface area contributed by atoms with Crippen molar-refractivity contribution in [3.63, 3.8) is 0 Å². The molecule has 0 bridgehead atoms. The van der Waals surface area contributed by atoms with Gasteiger partial charge >= 0.3 is 5.97 Å². The molecule has 3 N–H and O–H groups in total. The van der Waals surface area contributed by atoms with Crippen LogP contribution in [-0.2, 0) is 14.4 Å². The van der Waals surface area contributed by atoms with Gasteiger partial charge in [0.1, 0.15) is 12.1 Å². The lowest BCUT2D eigenvalue weighted by molar-refractivity contribution is -0.142. The highest BCUT2D eigenvalue weighted by atomic mass is 16.4. The van der Waals surface area contributed by atoms with Crippen LogP contribution in [0.5, 0.6) is 0 Å². The molecular formula is C15H24N2O4. The molecule has 2 atom stereocenters. The van der Waals surface area contributed by atoms with Crippen LogP contribution in [0.15, 0.2) is 0 Å². The Hall–Kier alpha value is -1.59. The van der Waals surface area contributed by atoms with Gasteiger partial charge in [0.25, 0.3) is 0 Å². The molecule has 0 aromatic rings. The summed E-state index contributed by atoms with van der Waals surface area (Å²) >= 11 is 0. The summed E-state index contributed by atoms with van der Waals surface area (Å²) in [6, 6.07) is -1.55. The maximum atomic E-state index is 12.0. The number of carboxylic acids is 1. The van der Waals surface area contributed by atoms with Gasteiger partial charge in [0.2, 0.25) is 11.8 Å². The van der Waals surface area contributed by atoms with Crippen molar-refractivity contribution >= 4 is 17.8 Å². The third-order valence-electron chi connectivity index (χ3n) is 4.36. The van der Waals surface area contributed by atoms with Gasteiger partial charge in [0.15, 0.2) is 0 Å². The average Bonchev–Trinajstić information content (AvgIpc) is 3.07. The lowest BCUT2D eigenvalue weighted by atomic mass is 10.1. The van der Waals surface area contributed by atoms with Crippen molar-refractivity contribution in [2.75, 3.05) is 0 Å². The molecule has 2 fully saturated rings. The lowest BCUT2D eigenvalue weighted by Gasteiger charge is -2.20. The predicted molar refractivity (Wildman–Crippen MR) is 76.5 cm³/mol. The van der Waals surface area contributed by atoms with Gasteiger partial charge in [-0.05, 0) is 32.1 Å².